The molecule has 3 aromatic heterocycles. The molecule has 0 bridgehead atoms. The molecule has 1 aliphatic heterocycles. The molecule has 1 aromatic carbocycles. The van der Waals surface area contributed by atoms with Crippen molar-refractivity contribution in [2.45, 2.75) is 25.5 Å². The maximum absolute atomic E-state index is 13.1. The van der Waals surface area contributed by atoms with Gasteiger partial charge in [-0.1, -0.05) is 29.8 Å². The van der Waals surface area contributed by atoms with Crippen LogP contribution in [0, 0.1) is 0 Å². The Morgan fingerprint density at radius 1 is 1.16 bits per heavy atom. The average molecular weight is 467 g/mol. The zero-order valence-electron chi connectivity index (χ0n) is 17.7. The molecular formula is C24H23ClN4O2S. The Labute approximate surface area is 195 Å². The van der Waals surface area contributed by atoms with Crippen LogP contribution in [0.15, 0.2) is 59.5 Å². The largest absolute Gasteiger partial charge is 0.474 e. The summed E-state index contributed by atoms with van der Waals surface area (Å²) in [6.45, 7) is 2.36. The summed E-state index contributed by atoms with van der Waals surface area (Å²) in [6.07, 6.45) is 3.91. The smallest absolute Gasteiger partial charge is 0.285 e. The van der Waals surface area contributed by atoms with E-state index in [0.717, 1.165) is 47.5 Å². The second-order valence-corrected chi connectivity index (χ2v) is 9.59. The highest BCUT2D eigenvalue weighted by Gasteiger charge is 2.18. The molecule has 0 spiro atoms. The first-order valence-corrected chi connectivity index (χ1v) is 11.8. The third kappa shape index (κ3) is 4.55. The summed E-state index contributed by atoms with van der Waals surface area (Å²) in [5.74, 6) is 0.604. The number of pyridine rings is 1. The summed E-state index contributed by atoms with van der Waals surface area (Å²) in [7, 11) is 2.13. The van der Waals surface area contributed by atoms with Gasteiger partial charge in [-0.05, 0) is 49.7 Å². The van der Waals surface area contributed by atoms with Crippen molar-refractivity contribution >= 4 is 33.0 Å². The fraction of sp³-hybridized carbons (Fsp3) is 0.292. The molecular weight excluding hydrogens is 444 g/mol. The Morgan fingerprint density at radius 2 is 1.94 bits per heavy atom. The normalized spacial score (nSPS) is 15.3. The van der Waals surface area contributed by atoms with Gasteiger partial charge in [0.15, 0.2) is 0 Å². The second kappa shape index (κ2) is 9.02. The van der Waals surface area contributed by atoms with E-state index in [0.29, 0.717) is 22.1 Å². The van der Waals surface area contributed by atoms with Gasteiger partial charge in [0.1, 0.15) is 10.8 Å². The summed E-state index contributed by atoms with van der Waals surface area (Å²) < 4.78 is 8.24. The van der Waals surface area contributed by atoms with E-state index in [1.165, 1.54) is 16.0 Å². The number of hydrogen-bond donors (Lipinski definition) is 0. The molecule has 164 valence electrons. The van der Waals surface area contributed by atoms with Gasteiger partial charge in [-0.25, -0.2) is 9.67 Å². The van der Waals surface area contributed by atoms with Crippen LogP contribution >= 0.6 is 22.9 Å². The van der Waals surface area contributed by atoms with E-state index in [1.54, 1.807) is 6.20 Å². The molecule has 0 atom stereocenters. The first kappa shape index (κ1) is 21.1. The van der Waals surface area contributed by atoms with Crippen LogP contribution in [0.5, 0.6) is 5.88 Å². The number of thiophene rings is 1. The van der Waals surface area contributed by atoms with Crippen molar-refractivity contribution in [2.75, 3.05) is 20.1 Å². The highest BCUT2D eigenvalue weighted by atomic mass is 35.5. The van der Waals surface area contributed by atoms with E-state index >= 15 is 0 Å². The average Bonchev–Trinajstić information content (AvgIpc) is 3.23. The number of ether oxygens (including phenoxy) is 1. The monoisotopic (exact) mass is 466 g/mol. The second-order valence-electron chi connectivity index (χ2n) is 8.10. The molecule has 32 heavy (non-hydrogen) atoms. The Morgan fingerprint density at radius 3 is 2.72 bits per heavy atom. The molecule has 0 amide bonds. The van der Waals surface area contributed by atoms with Crippen LogP contribution in [0.1, 0.15) is 18.5 Å². The van der Waals surface area contributed by atoms with Crippen molar-refractivity contribution in [1.29, 1.82) is 0 Å². The first-order chi connectivity index (χ1) is 15.5. The van der Waals surface area contributed by atoms with Gasteiger partial charge in [0.05, 0.1) is 18.4 Å². The van der Waals surface area contributed by atoms with E-state index in [2.05, 4.69) is 22.0 Å². The van der Waals surface area contributed by atoms with Crippen LogP contribution < -0.4 is 10.3 Å². The minimum Gasteiger partial charge on any atom is -0.474 e. The molecule has 0 N–H and O–H groups in total. The lowest BCUT2D eigenvalue weighted by Gasteiger charge is -2.28. The number of likely N-dealkylation sites (tertiary alicyclic amines) is 1. The van der Waals surface area contributed by atoms with E-state index in [4.69, 9.17) is 16.3 Å². The zero-order valence-corrected chi connectivity index (χ0v) is 19.3. The lowest BCUT2D eigenvalue weighted by atomic mass is 10.1. The third-order valence-corrected chi connectivity index (χ3v) is 7.14. The number of rotatable bonds is 5. The Kier molecular flexibility index (Phi) is 5.95. The molecule has 0 saturated carbocycles. The Hall–Kier alpha value is -2.74. The van der Waals surface area contributed by atoms with Gasteiger partial charge in [0, 0.05) is 34.4 Å². The summed E-state index contributed by atoms with van der Waals surface area (Å²) >= 11 is 7.46. The number of aromatic nitrogens is 3. The topological polar surface area (TPSA) is 60.2 Å². The lowest BCUT2D eigenvalue weighted by molar-refractivity contribution is 0.110. The summed E-state index contributed by atoms with van der Waals surface area (Å²) in [5, 5.41) is 5.91. The van der Waals surface area contributed by atoms with Crippen LogP contribution in [0.4, 0.5) is 0 Å². The number of hydrogen-bond acceptors (Lipinski definition) is 6. The van der Waals surface area contributed by atoms with Crippen LogP contribution in [-0.2, 0) is 6.54 Å². The Bertz CT molecular complexity index is 1290. The minimum absolute atomic E-state index is 0.115. The molecule has 5 rings (SSSR count). The number of fused-ring (bicyclic) bond motifs is 1. The third-order valence-electron chi connectivity index (χ3n) is 5.70. The molecule has 0 aliphatic carbocycles. The molecule has 0 radical (unpaired) electrons. The summed E-state index contributed by atoms with van der Waals surface area (Å²) in [6, 6.07) is 15.3. The predicted molar refractivity (Wildman–Crippen MR) is 129 cm³/mol. The van der Waals surface area contributed by atoms with E-state index < -0.39 is 0 Å². The van der Waals surface area contributed by atoms with Gasteiger partial charge < -0.3 is 9.64 Å². The van der Waals surface area contributed by atoms with Crippen LogP contribution in [-0.4, -0.2) is 45.9 Å². The number of benzene rings is 1. The van der Waals surface area contributed by atoms with Gasteiger partial charge in [0.2, 0.25) is 5.88 Å². The van der Waals surface area contributed by atoms with Crippen LogP contribution in [0.3, 0.4) is 0 Å². The molecule has 4 aromatic rings. The molecule has 8 heteroatoms. The van der Waals surface area contributed by atoms with Crippen molar-refractivity contribution in [1.82, 2.24) is 19.7 Å². The standard InChI is InChI=1S/C24H23ClN4O2S/c1-28-11-9-20(10-12-28)31-22-4-2-3-19(27-22)15-29-24(30)23-17(14-26-29)13-21(32-23)16-5-7-18(25)8-6-16/h2-8,13-14,20H,9-12,15H2,1H3. The molecule has 1 fully saturated rings. The number of nitrogens with zero attached hydrogens (tertiary/aromatic N) is 4. The molecule has 1 aliphatic rings. The van der Waals surface area contributed by atoms with Crippen molar-refractivity contribution < 1.29 is 4.74 Å². The van der Waals surface area contributed by atoms with Crippen LogP contribution in [0.25, 0.3) is 20.5 Å². The highest BCUT2D eigenvalue weighted by molar-refractivity contribution is 7.22. The molecule has 6 nitrogen and oxygen atoms in total. The maximum Gasteiger partial charge on any atom is 0.285 e. The van der Waals surface area contributed by atoms with Crippen molar-refractivity contribution in [3.05, 3.63) is 75.8 Å². The SMILES string of the molecule is CN1CCC(Oc2cccc(Cn3ncc4cc(-c5ccc(Cl)cc5)sc4c3=O)n2)CC1. The van der Waals surface area contributed by atoms with Crippen LogP contribution in [0.2, 0.25) is 5.02 Å². The maximum atomic E-state index is 13.1. The summed E-state index contributed by atoms with van der Waals surface area (Å²) in [4.78, 5) is 21.0. The fourth-order valence-electron chi connectivity index (χ4n) is 3.88. The lowest BCUT2D eigenvalue weighted by Crippen LogP contribution is -2.35. The predicted octanol–water partition coefficient (Wildman–Crippen LogP) is 4.69. The zero-order chi connectivity index (χ0) is 22.1. The van der Waals surface area contributed by atoms with E-state index in [1.807, 2.05) is 48.5 Å². The number of halogens is 1. The molecule has 4 heterocycles. The first-order valence-electron chi connectivity index (χ1n) is 10.6. The fourth-order valence-corrected chi connectivity index (χ4v) is 5.08. The summed E-state index contributed by atoms with van der Waals surface area (Å²) in [5.41, 5.74) is 1.66. The molecule has 1 saturated heterocycles. The van der Waals surface area contributed by atoms with Crippen molar-refractivity contribution in [3.63, 3.8) is 0 Å². The van der Waals surface area contributed by atoms with E-state index in [9.17, 15) is 4.79 Å². The van der Waals surface area contributed by atoms with Gasteiger partial charge in [-0.2, -0.15) is 5.10 Å². The van der Waals surface area contributed by atoms with Gasteiger partial charge >= 0.3 is 0 Å². The highest BCUT2D eigenvalue weighted by Crippen LogP contribution is 2.32. The van der Waals surface area contributed by atoms with Crippen molar-refractivity contribution in [2.24, 2.45) is 0 Å². The van der Waals surface area contributed by atoms with Gasteiger partial charge in [-0.15, -0.1) is 11.3 Å². The van der Waals surface area contributed by atoms with Gasteiger partial charge in [-0.3, -0.25) is 4.79 Å². The number of piperidine rings is 1. The van der Waals surface area contributed by atoms with Crippen molar-refractivity contribution in [3.8, 4) is 16.3 Å². The van der Waals surface area contributed by atoms with E-state index in [-0.39, 0.29) is 11.7 Å². The van der Waals surface area contributed by atoms with Gasteiger partial charge in [0.25, 0.3) is 5.56 Å². The quantitative estimate of drug-likeness (QED) is 0.427. The Balaban J connectivity index is 1.36. The molecule has 0 unspecified atom stereocenters. The minimum atomic E-state index is -0.115.